The van der Waals surface area contributed by atoms with Crippen molar-refractivity contribution in [3.05, 3.63) is 82.7 Å². The number of rotatable bonds is 1. The van der Waals surface area contributed by atoms with Crippen molar-refractivity contribution < 1.29 is 10.2 Å². The fraction of sp³-hybridized carbons (Fsp3) is 0.250. The summed E-state index contributed by atoms with van der Waals surface area (Å²) in [6, 6.07) is 16.6. The smallest absolute Gasteiger partial charge is 0.116 e. The van der Waals surface area contributed by atoms with Crippen molar-refractivity contribution in [3.63, 3.8) is 0 Å². The summed E-state index contributed by atoms with van der Waals surface area (Å²) in [5.41, 5.74) is 8.92. The Morgan fingerprint density at radius 1 is 1.00 bits per heavy atom. The highest BCUT2D eigenvalue weighted by Crippen LogP contribution is 2.51. The molecule has 0 spiro atoms. The number of aromatic hydroxyl groups is 1. The van der Waals surface area contributed by atoms with E-state index in [2.05, 4.69) is 75.9 Å². The number of benzene rings is 3. The number of fused-ring (bicyclic) bond motifs is 8. The van der Waals surface area contributed by atoms with Crippen molar-refractivity contribution in [2.24, 2.45) is 0 Å². The van der Waals surface area contributed by atoms with E-state index < -0.39 is 0 Å². The molecule has 2 N–H and O–H groups in total. The van der Waals surface area contributed by atoms with Gasteiger partial charge in [0.1, 0.15) is 5.75 Å². The Balaban J connectivity index is 1.88. The number of hydrogen-bond acceptors (Lipinski definition) is 2. The van der Waals surface area contributed by atoms with Crippen molar-refractivity contribution in [2.45, 2.75) is 52.4 Å². The van der Waals surface area contributed by atoms with Crippen molar-refractivity contribution in [2.75, 3.05) is 0 Å². The lowest BCUT2D eigenvalue weighted by Crippen LogP contribution is -2.18. The molecule has 35 heavy (non-hydrogen) atoms. The second kappa shape index (κ2) is 6.69. The molecule has 2 heterocycles. The van der Waals surface area contributed by atoms with Crippen molar-refractivity contribution in [1.82, 2.24) is 4.40 Å². The van der Waals surface area contributed by atoms with Gasteiger partial charge in [-0.05, 0) is 64.1 Å². The molecule has 3 nitrogen and oxygen atoms in total. The fourth-order valence-corrected chi connectivity index (χ4v) is 6.17. The number of aliphatic hydroxyl groups excluding tert-OH is 1. The highest BCUT2D eigenvalue weighted by Gasteiger charge is 2.41. The first-order chi connectivity index (χ1) is 16.4. The Hall–Kier alpha value is -3.72. The van der Waals surface area contributed by atoms with Gasteiger partial charge in [-0.25, -0.2) is 0 Å². The van der Waals surface area contributed by atoms with E-state index in [0.717, 1.165) is 43.5 Å². The van der Waals surface area contributed by atoms with Crippen LogP contribution in [0.5, 0.6) is 5.75 Å². The third kappa shape index (κ3) is 2.72. The van der Waals surface area contributed by atoms with Gasteiger partial charge in [0.15, 0.2) is 0 Å². The number of hydrogen-bond donors (Lipinski definition) is 2. The van der Waals surface area contributed by atoms with Gasteiger partial charge in [0.25, 0.3) is 0 Å². The van der Waals surface area contributed by atoms with Gasteiger partial charge in [-0.2, -0.15) is 0 Å². The minimum absolute atomic E-state index is 0.0223. The lowest BCUT2D eigenvalue weighted by atomic mass is 9.81. The standard InChI is InChI=1S/C32H31NO2/c1-8-22-23-14-18-9-11-21(35)13-19(18)15-26(23)33-29(22)27(17(2)34)28-24-16-20(31(3,4)5)10-12-25(24)32(6,7)30(28)33/h8-16,34-35H,1H2,2-7H3/b27-17+. The summed E-state index contributed by atoms with van der Waals surface area (Å²) < 4.78 is 2.33. The molecule has 2 aromatic heterocycles. The topological polar surface area (TPSA) is 44.9 Å². The minimum atomic E-state index is -0.259. The lowest BCUT2D eigenvalue weighted by molar-refractivity contribution is 0.476. The maximum atomic E-state index is 11.1. The highest BCUT2D eigenvalue weighted by molar-refractivity contribution is 6.08. The molecule has 5 aromatic rings. The fourth-order valence-electron chi connectivity index (χ4n) is 6.17. The van der Waals surface area contributed by atoms with Crippen LogP contribution < -0.4 is 5.22 Å². The molecule has 0 unspecified atom stereocenters. The average molecular weight is 462 g/mol. The van der Waals surface area contributed by atoms with Gasteiger partial charge in [0.05, 0.1) is 16.8 Å². The van der Waals surface area contributed by atoms with Crippen molar-refractivity contribution in [3.8, 4) is 16.9 Å². The molecule has 0 amide bonds. The van der Waals surface area contributed by atoms with Crippen LogP contribution >= 0.6 is 0 Å². The number of aliphatic hydroxyl groups is 1. The zero-order valence-electron chi connectivity index (χ0n) is 21.2. The Bertz CT molecular complexity index is 1790. The zero-order valence-corrected chi connectivity index (χ0v) is 21.2. The van der Waals surface area contributed by atoms with Crippen LogP contribution in [0.1, 0.15) is 63.9 Å². The lowest BCUT2D eigenvalue weighted by Gasteiger charge is -2.24. The summed E-state index contributed by atoms with van der Waals surface area (Å²) >= 11 is 0. The maximum Gasteiger partial charge on any atom is 0.116 e. The van der Waals surface area contributed by atoms with Gasteiger partial charge < -0.3 is 14.6 Å². The van der Waals surface area contributed by atoms with E-state index >= 15 is 0 Å². The molecule has 3 heteroatoms. The molecule has 0 aliphatic heterocycles. The Morgan fingerprint density at radius 2 is 1.74 bits per heavy atom. The number of phenolic OH excluding ortho intramolecular Hbond substituents is 1. The van der Waals surface area contributed by atoms with Gasteiger partial charge in [-0.3, -0.25) is 0 Å². The third-order valence-electron chi connectivity index (χ3n) is 7.88. The van der Waals surface area contributed by atoms with Crippen LogP contribution in [0.3, 0.4) is 0 Å². The molecule has 1 aliphatic rings. The summed E-state index contributed by atoms with van der Waals surface area (Å²) in [5, 5.41) is 25.3. The van der Waals surface area contributed by atoms with Crippen molar-refractivity contribution >= 4 is 39.0 Å². The van der Waals surface area contributed by atoms with E-state index in [0.29, 0.717) is 5.76 Å². The SMILES string of the molecule is C=Cc1c2cc3ccc(O)cc3cc2n2c3c(/c(=C(/C)O)c12)-c1cc(C(C)(C)C)ccc1C3(C)C. The van der Waals surface area contributed by atoms with Gasteiger partial charge in [0, 0.05) is 32.8 Å². The Labute approximate surface area is 205 Å². The second-order valence-electron chi connectivity index (χ2n) is 11.5. The third-order valence-corrected chi connectivity index (χ3v) is 7.88. The Morgan fingerprint density at radius 3 is 2.40 bits per heavy atom. The molecule has 0 saturated carbocycles. The first-order valence-electron chi connectivity index (χ1n) is 12.2. The van der Waals surface area contributed by atoms with E-state index in [1.807, 2.05) is 18.2 Å². The van der Waals surface area contributed by atoms with Crippen LogP contribution in [0.15, 0.2) is 55.1 Å². The summed E-state index contributed by atoms with van der Waals surface area (Å²) in [6.45, 7) is 17.2. The molecule has 0 radical (unpaired) electrons. The Kier molecular flexibility index (Phi) is 4.17. The van der Waals surface area contributed by atoms with Gasteiger partial charge >= 0.3 is 0 Å². The number of phenols is 1. The normalized spacial score (nSPS) is 15.6. The molecule has 3 aromatic carbocycles. The van der Waals surface area contributed by atoms with Crippen LogP contribution in [0.4, 0.5) is 0 Å². The van der Waals surface area contributed by atoms with Gasteiger partial charge in [-0.15, -0.1) is 0 Å². The summed E-state index contributed by atoms with van der Waals surface area (Å²) in [4.78, 5) is 0. The molecule has 176 valence electrons. The van der Waals surface area contributed by atoms with Gasteiger partial charge in [-0.1, -0.05) is 71.5 Å². The monoisotopic (exact) mass is 461 g/mol. The van der Waals surface area contributed by atoms with E-state index in [1.165, 1.54) is 22.4 Å². The number of nitrogens with zero attached hydrogens (tertiary/aromatic N) is 1. The molecule has 0 atom stereocenters. The molecule has 0 saturated heterocycles. The maximum absolute atomic E-state index is 11.1. The molecular weight excluding hydrogens is 430 g/mol. The predicted molar refractivity (Wildman–Crippen MR) is 147 cm³/mol. The van der Waals surface area contributed by atoms with E-state index in [1.54, 1.807) is 13.0 Å². The summed E-state index contributed by atoms with van der Waals surface area (Å²) in [7, 11) is 0. The van der Waals surface area contributed by atoms with E-state index in [-0.39, 0.29) is 16.6 Å². The minimum Gasteiger partial charge on any atom is -0.512 e. The molecular formula is C32H31NO2. The first kappa shape index (κ1) is 21.8. The summed E-state index contributed by atoms with van der Waals surface area (Å²) in [5.74, 6) is 0.568. The van der Waals surface area contributed by atoms with Gasteiger partial charge in [0.2, 0.25) is 0 Å². The molecule has 0 bridgehead atoms. The summed E-state index contributed by atoms with van der Waals surface area (Å²) in [6.07, 6.45) is 1.91. The van der Waals surface area contributed by atoms with E-state index in [9.17, 15) is 10.2 Å². The average Bonchev–Trinajstić information content (AvgIpc) is 3.35. The first-order valence-corrected chi connectivity index (χ1v) is 12.2. The largest absolute Gasteiger partial charge is 0.512 e. The quantitative estimate of drug-likeness (QED) is 0.270. The van der Waals surface area contributed by atoms with E-state index in [4.69, 9.17) is 0 Å². The van der Waals surface area contributed by atoms with Crippen LogP contribution in [-0.2, 0) is 10.8 Å². The predicted octanol–water partition coefficient (Wildman–Crippen LogP) is 7.60. The molecule has 1 aliphatic carbocycles. The van der Waals surface area contributed by atoms with Crippen LogP contribution in [0.25, 0.3) is 50.2 Å². The van der Waals surface area contributed by atoms with Crippen LogP contribution in [0.2, 0.25) is 0 Å². The van der Waals surface area contributed by atoms with Crippen LogP contribution in [0, 0.1) is 0 Å². The molecule has 6 rings (SSSR count). The van der Waals surface area contributed by atoms with Crippen molar-refractivity contribution in [1.29, 1.82) is 0 Å². The second-order valence-corrected chi connectivity index (χ2v) is 11.5. The highest BCUT2D eigenvalue weighted by atomic mass is 16.3. The molecule has 0 fully saturated rings. The zero-order chi connectivity index (χ0) is 25.0. The number of aromatic nitrogens is 1. The van der Waals surface area contributed by atoms with Crippen LogP contribution in [-0.4, -0.2) is 14.6 Å².